The predicted molar refractivity (Wildman–Crippen MR) is 75.8 cm³/mol. The molecule has 0 saturated carbocycles. The van der Waals surface area contributed by atoms with E-state index in [-0.39, 0.29) is 12.3 Å². The van der Waals surface area contributed by atoms with Gasteiger partial charge in [-0.05, 0) is 17.8 Å². The van der Waals surface area contributed by atoms with Crippen LogP contribution in [0.15, 0.2) is 0 Å². The van der Waals surface area contributed by atoms with Crippen molar-refractivity contribution in [2.75, 3.05) is 0 Å². The maximum atomic E-state index is 10.4. The third-order valence-electron chi connectivity index (χ3n) is 4.00. The summed E-state index contributed by atoms with van der Waals surface area (Å²) in [6.45, 7) is 8.91. The Kier molecular flexibility index (Phi) is 10.1. The Hall–Kier alpha value is -0.530. The second-order valence-electron chi connectivity index (χ2n) is 6.16. The molecule has 1 radical (unpaired) electrons. The highest BCUT2D eigenvalue weighted by atomic mass is 16.4. The Balaban J connectivity index is 3.47. The normalized spacial score (nSPS) is 16.2. The van der Waals surface area contributed by atoms with Gasteiger partial charge in [0.25, 0.3) is 0 Å². The number of carbonyl (C=O) groups is 1. The van der Waals surface area contributed by atoms with E-state index < -0.39 is 5.97 Å². The molecule has 0 fully saturated rings. The van der Waals surface area contributed by atoms with Gasteiger partial charge in [0.2, 0.25) is 0 Å². The average Bonchev–Trinajstić information content (AvgIpc) is 2.27. The summed E-state index contributed by atoms with van der Waals surface area (Å²) in [5, 5.41) is 10.4. The lowest BCUT2D eigenvalue weighted by molar-refractivity contribution is -0.144. The summed E-state index contributed by atoms with van der Waals surface area (Å²) < 4.78 is 0. The zero-order valence-electron chi connectivity index (χ0n) is 12.7. The lowest BCUT2D eigenvalue weighted by atomic mass is 9.92. The van der Waals surface area contributed by atoms with Crippen molar-refractivity contribution >= 4 is 5.97 Å². The molecule has 3 unspecified atom stereocenters. The van der Waals surface area contributed by atoms with E-state index in [4.69, 9.17) is 0 Å². The van der Waals surface area contributed by atoms with E-state index in [1.165, 1.54) is 32.1 Å². The van der Waals surface area contributed by atoms with Crippen molar-refractivity contribution in [1.29, 1.82) is 0 Å². The fourth-order valence-corrected chi connectivity index (χ4v) is 2.36. The van der Waals surface area contributed by atoms with Crippen LogP contribution in [0, 0.1) is 17.8 Å². The molecule has 2 heteroatoms. The maximum Gasteiger partial charge on any atom is 0.355 e. The van der Waals surface area contributed by atoms with E-state index in [1.54, 1.807) is 0 Å². The van der Waals surface area contributed by atoms with Crippen LogP contribution in [0.5, 0.6) is 0 Å². The van der Waals surface area contributed by atoms with Gasteiger partial charge in [-0.15, -0.1) is 0 Å². The summed E-state index contributed by atoms with van der Waals surface area (Å²) in [7, 11) is 0. The summed E-state index contributed by atoms with van der Waals surface area (Å²) in [6.07, 6.45) is 8.91. The van der Waals surface area contributed by atoms with Gasteiger partial charge in [0.1, 0.15) is 0 Å². The fourth-order valence-electron chi connectivity index (χ4n) is 2.36. The van der Waals surface area contributed by atoms with E-state index in [9.17, 15) is 9.90 Å². The van der Waals surface area contributed by atoms with E-state index in [0.717, 1.165) is 24.7 Å². The minimum Gasteiger partial charge on any atom is -0.247 e. The summed E-state index contributed by atoms with van der Waals surface area (Å²) in [6, 6.07) is 0. The summed E-state index contributed by atoms with van der Waals surface area (Å²) >= 11 is 0. The summed E-state index contributed by atoms with van der Waals surface area (Å²) in [5.74, 6) is 0.996. The zero-order chi connectivity index (χ0) is 14.0. The molecule has 0 aliphatic heterocycles. The SMILES string of the molecule is CCC(C)CCCC(C)CCCC(C)CC([O])=O. The summed E-state index contributed by atoms with van der Waals surface area (Å²) in [4.78, 5) is 10.4. The van der Waals surface area contributed by atoms with E-state index in [2.05, 4.69) is 20.8 Å². The number of carbonyl (C=O) groups excluding carboxylic acids is 1. The quantitative estimate of drug-likeness (QED) is 0.512. The van der Waals surface area contributed by atoms with Gasteiger partial charge in [-0.2, -0.15) is 0 Å². The second kappa shape index (κ2) is 10.4. The van der Waals surface area contributed by atoms with E-state index in [0.29, 0.717) is 0 Å². The largest absolute Gasteiger partial charge is 0.355 e. The van der Waals surface area contributed by atoms with Crippen LogP contribution in [0.25, 0.3) is 0 Å². The molecule has 0 amide bonds. The first-order valence-electron chi connectivity index (χ1n) is 7.65. The number of hydrogen-bond donors (Lipinski definition) is 0. The first-order chi connectivity index (χ1) is 8.45. The Morgan fingerprint density at radius 1 is 0.833 bits per heavy atom. The third-order valence-corrected chi connectivity index (χ3v) is 4.00. The Morgan fingerprint density at radius 3 is 1.72 bits per heavy atom. The molecule has 0 spiro atoms. The molecule has 0 aliphatic rings. The molecular weight excluding hydrogens is 224 g/mol. The van der Waals surface area contributed by atoms with Crippen molar-refractivity contribution in [2.45, 2.75) is 79.1 Å². The molecule has 0 N–H and O–H groups in total. The van der Waals surface area contributed by atoms with Crippen LogP contribution >= 0.6 is 0 Å². The van der Waals surface area contributed by atoms with Crippen molar-refractivity contribution in [3.63, 3.8) is 0 Å². The monoisotopic (exact) mass is 255 g/mol. The number of hydrogen-bond acceptors (Lipinski definition) is 1. The van der Waals surface area contributed by atoms with Gasteiger partial charge < -0.3 is 0 Å². The zero-order valence-corrected chi connectivity index (χ0v) is 12.7. The smallest absolute Gasteiger partial charge is 0.247 e. The Bertz CT molecular complexity index is 213. The van der Waals surface area contributed by atoms with Gasteiger partial charge >= 0.3 is 5.97 Å². The molecule has 0 heterocycles. The van der Waals surface area contributed by atoms with Gasteiger partial charge in [-0.3, -0.25) is 0 Å². The fraction of sp³-hybridized carbons (Fsp3) is 0.938. The molecule has 0 saturated heterocycles. The van der Waals surface area contributed by atoms with Gasteiger partial charge in [-0.25, -0.2) is 9.90 Å². The second-order valence-corrected chi connectivity index (χ2v) is 6.16. The molecular formula is C16H31O2. The van der Waals surface area contributed by atoms with Crippen LogP contribution < -0.4 is 0 Å². The van der Waals surface area contributed by atoms with E-state index in [1.807, 2.05) is 6.92 Å². The molecule has 0 bridgehead atoms. The highest BCUT2D eigenvalue weighted by Crippen LogP contribution is 2.20. The molecule has 18 heavy (non-hydrogen) atoms. The Labute approximate surface area is 113 Å². The standard InChI is InChI=1S/C16H31O2/c1-5-13(2)8-6-9-14(3)10-7-11-15(4)12-16(17)18/h13-15H,5-12H2,1-4H3. The van der Waals surface area contributed by atoms with Crippen molar-refractivity contribution in [2.24, 2.45) is 17.8 Å². The molecule has 0 aromatic rings. The van der Waals surface area contributed by atoms with Crippen molar-refractivity contribution < 1.29 is 9.90 Å². The first-order valence-corrected chi connectivity index (χ1v) is 7.65. The van der Waals surface area contributed by atoms with Crippen molar-refractivity contribution in [1.82, 2.24) is 0 Å². The molecule has 0 aromatic carbocycles. The number of rotatable bonds is 11. The molecule has 0 aliphatic carbocycles. The van der Waals surface area contributed by atoms with Crippen LogP contribution in [0.1, 0.15) is 79.1 Å². The third kappa shape index (κ3) is 10.6. The van der Waals surface area contributed by atoms with Crippen LogP contribution in [-0.2, 0) is 9.90 Å². The van der Waals surface area contributed by atoms with Crippen molar-refractivity contribution in [3.05, 3.63) is 0 Å². The molecule has 0 rings (SSSR count). The minimum atomic E-state index is -0.913. The molecule has 2 nitrogen and oxygen atoms in total. The predicted octanol–water partition coefficient (Wildman–Crippen LogP) is 4.99. The van der Waals surface area contributed by atoms with Gasteiger partial charge in [0, 0.05) is 0 Å². The highest BCUT2D eigenvalue weighted by molar-refractivity contribution is 5.66. The van der Waals surface area contributed by atoms with Crippen LogP contribution in [-0.4, -0.2) is 5.97 Å². The molecule has 107 valence electrons. The van der Waals surface area contributed by atoms with Gasteiger partial charge in [0.05, 0.1) is 6.42 Å². The van der Waals surface area contributed by atoms with Gasteiger partial charge in [-0.1, -0.05) is 72.6 Å². The first kappa shape index (κ1) is 17.5. The molecule has 0 aromatic heterocycles. The maximum absolute atomic E-state index is 10.4. The molecule has 3 atom stereocenters. The summed E-state index contributed by atoms with van der Waals surface area (Å²) in [5.41, 5.74) is 0. The average molecular weight is 255 g/mol. The topological polar surface area (TPSA) is 37.0 Å². The lowest BCUT2D eigenvalue weighted by Crippen LogP contribution is -2.04. The van der Waals surface area contributed by atoms with Crippen LogP contribution in [0.3, 0.4) is 0 Å². The van der Waals surface area contributed by atoms with Crippen LogP contribution in [0.4, 0.5) is 0 Å². The van der Waals surface area contributed by atoms with Gasteiger partial charge in [0.15, 0.2) is 0 Å². The van der Waals surface area contributed by atoms with Crippen LogP contribution in [0.2, 0.25) is 0 Å². The Morgan fingerprint density at radius 2 is 1.28 bits per heavy atom. The van der Waals surface area contributed by atoms with E-state index >= 15 is 0 Å². The minimum absolute atomic E-state index is 0.211. The highest BCUT2D eigenvalue weighted by Gasteiger charge is 2.10. The van der Waals surface area contributed by atoms with Crippen molar-refractivity contribution in [3.8, 4) is 0 Å². The lowest BCUT2D eigenvalue weighted by Gasteiger charge is -2.14.